The van der Waals surface area contributed by atoms with Crippen LogP contribution < -0.4 is 11.1 Å². The van der Waals surface area contributed by atoms with Gasteiger partial charge >= 0.3 is 0 Å². The van der Waals surface area contributed by atoms with Crippen molar-refractivity contribution in [3.63, 3.8) is 0 Å². The first-order valence-electron chi connectivity index (χ1n) is 8.25. The Labute approximate surface area is 149 Å². The van der Waals surface area contributed by atoms with Gasteiger partial charge < -0.3 is 15.5 Å². The average Bonchev–Trinajstić information content (AvgIpc) is 3.15. The number of aromatic nitrogens is 2. The van der Waals surface area contributed by atoms with Crippen LogP contribution in [0.5, 0.6) is 0 Å². The monoisotopic (exact) mass is 348 g/mol. The topological polar surface area (TPSA) is 77.0 Å². The average molecular weight is 348 g/mol. The molecule has 0 saturated carbocycles. The second-order valence-corrected chi connectivity index (χ2v) is 5.98. The number of nitrogens with one attached hydrogen (secondary N) is 1. The number of fused-ring (bicyclic) bond motifs is 1. The van der Waals surface area contributed by atoms with Crippen molar-refractivity contribution in [1.82, 2.24) is 9.97 Å². The number of halogens is 1. The zero-order chi connectivity index (χ0) is 17.9. The highest BCUT2D eigenvalue weighted by atomic mass is 19.1. The first-order chi connectivity index (χ1) is 12.7. The first kappa shape index (κ1) is 16.1. The van der Waals surface area contributed by atoms with Gasteiger partial charge in [-0.2, -0.15) is 4.98 Å². The maximum atomic E-state index is 13.2. The summed E-state index contributed by atoms with van der Waals surface area (Å²) < 4.78 is 18.5. The van der Waals surface area contributed by atoms with Crippen LogP contribution >= 0.6 is 0 Å². The summed E-state index contributed by atoms with van der Waals surface area (Å²) >= 11 is 0. The van der Waals surface area contributed by atoms with E-state index in [2.05, 4.69) is 15.3 Å². The summed E-state index contributed by atoms with van der Waals surface area (Å²) in [5.41, 5.74) is 8.67. The third-order valence-electron chi connectivity index (χ3n) is 4.14. The van der Waals surface area contributed by atoms with E-state index < -0.39 is 0 Å². The maximum Gasteiger partial charge on any atom is 0.222 e. The van der Waals surface area contributed by atoms with Gasteiger partial charge in [0, 0.05) is 5.39 Å². The molecule has 0 amide bonds. The van der Waals surface area contributed by atoms with E-state index in [-0.39, 0.29) is 11.8 Å². The number of benzene rings is 2. The molecule has 0 spiro atoms. The molecule has 26 heavy (non-hydrogen) atoms. The molecule has 2 heterocycles. The summed E-state index contributed by atoms with van der Waals surface area (Å²) in [6.07, 6.45) is 2.27. The van der Waals surface area contributed by atoms with Gasteiger partial charge in [0.15, 0.2) is 0 Å². The van der Waals surface area contributed by atoms with Gasteiger partial charge in [-0.3, -0.25) is 0 Å². The second kappa shape index (κ2) is 6.84. The lowest BCUT2D eigenvalue weighted by atomic mass is 10.0. The number of hydrogen-bond donors (Lipinski definition) is 2. The molecule has 130 valence electrons. The van der Waals surface area contributed by atoms with Crippen molar-refractivity contribution >= 4 is 22.7 Å². The van der Waals surface area contributed by atoms with Gasteiger partial charge in [0.05, 0.1) is 18.3 Å². The van der Waals surface area contributed by atoms with Crippen molar-refractivity contribution in [2.75, 3.05) is 11.1 Å². The fraction of sp³-hybridized carbons (Fsp3) is 0.100. The van der Waals surface area contributed by atoms with Gasteiger partial charge in [0.1, 0.15) is 17.4 Å². The van der Waals surface area contributed by atoms with Crippen LogP contribution in [0, 0.1) is 5.82 Å². The summed E-state index contributed by atoms with van der Waals surface area (Å²) in [7, 11) is 0. The number of nitrogens with two attached hydrogens (primary N) is 1. The SMILES string of the molecule is Nc1nc(NCc2ccco2)c2c(Cc3ccc(F)cc3)cccc2n1. The van der Waals surface area contributed by atoms with E-state index in [9.17, 15) is 4.39 Å². The van der Waals surface area contributed by atoms with Crippen molar-refractivity contribution in [3.8, 4) is 0 Å². The van der Waals surface area contributed by atoms with E-state index in [1.165, 1.54) is 12.1 Å². The maximum absolute atomic E-state index is 13.2. The normalized spacial score (nSPS) is 11.0. The summed E-state index contributed by atoms with van der Waals surface area (Å²) in [4.78, 5) is 8.71. The number of nitrogen functional groups attached to an aromatic ring is 1. The van der Waals surface area contributed by atoms with Crippen molar-refractivity contribution in [3.05, 3.63) is 83.6 Å². The molecule has 0 saturated heterocycles. The predicted octanol–water partition coefficient (Wildman–Crippen LogP) is 4.15. The molecule has 6 heteroatoms. The Morgan fingerprint density at radius 3 is 2.62 bits per heavy atom. The highest BCUT2D eigenvalue weighted by Gasteiger charge is 2.12. The lowest BCUT2D eigenvalue weighted by molar-refractivity contribution is 0.518. The number of nitrogens with zero attached hydrogens (tertiary/aromatic N) is 2. The minimum atomic E-state index is -0.247. The molecule has 0 aliphatic heterocycles. The van der Waals surface area contributed by atoms with Gasteiger partial charge in [0.25, 0.3) is 0 Å². The molecule has 0 bridgehead atoms. The van der Waals surface area contributed by atoms with Crippen molar-refractivity contribution in [2.45, 2.75) is 13.0 Å². The van der Waals surface area contributed by atoms with E-state index in [0.29, 0.717) is 18.8 Å². The van der Waals surface area contributed by atoms with Crippen molar-refractivity contribution in [2.24, 2.45) is 0 Å². The molecular formula is C20H17FN4O. The Morgan fingerprint density at radius 1 is 1.00 bits per heavy atom. The quantitative estimate of drug-likeness (QED) is 0.567. The molecule has 4 rings (SSSR count). The van der Waals surface area contributed by atoms with Gasteiger partial charge in [0.2, 0.25) is 5.95 Å². The minimum absolute atomic E-state index is 0.207. The molecule has 0 atom stereocenters. The van der Waals surface area contributed by atoms with Crippen LogP contribution in [-0.2, 0) is 13.0 Å². The summed E-state index contributed by atoms with van der Waals surface area (Å²) in [5.74, 6) is 1.41. The minimum Gasteiger partial charge on any atom is -0.467 e. The molecule has 0 unspecified atom stereocenters. The Kier molecular flexibility index (Phi) is 4.23. The molecule has 3 N–H and O–H groups in total. The van der Waals surface area contributed by atoms with E-state index in [1.54, 1.807) is 18.4 Å². The summed E-state index contributed by atoms with van der Waals surface area (Å²) in [5, 5.41) is 4.18. The summed E-state index contributed by atoms with van der Waals surface area (Å²) in [6, 6.07) is 16.1. The predicted molar refractivity (Wildman–Crippen MR) is 99.2 cm³/mol. The Morgan fingerprint density at radius 2 is 1.85 bits per heavy atom. The lowest BCUT2D eigenvalue weighted by Crippen LogP contribution is -2.06. The highest BCUT2D eigenvalue weighted by molar-refractivity contribution is 5.93. The molecule has 0 fully saturated rings. The molecule has 0 aliphatic carbocycles. The van der Waals surface area contributed by atoms with Crippen LogP contribution in [-0.4, -0.2) is 9.97 Å². The highest BCUT2D eigenvalue weighted by Crippen LogP contribution is 2.27. The number of anilines is 2. The zero-order valence-electron chi connectivity index (χ0n) is 13.9. The molecule has 2 aromatic heterocycles. The number of rotatable bonds is 5. The Bertz CT molecular complexity index is 1030. The van der Waals surface area contributed by atoms with Crippen LogP contribution in [0.4, 0.5) is 16.2 Å². The van der Waals surface area contributed by atoms with Crippen molar-refractivity contribution in [1.29, 1.82) is 0 Å². The van der Waals surface area contributed by atoms with Crippen LogP contribution in [0.25, 0.3) is 10.9 Å². The molecule has 4 aromatic rings. The van der Waals surface area contributed by atoms with E-state index >= 15 is 0 Å². The van der Waals surface area contributed by atoms with Gasteiger partial charge in [-0.1, -0.05) is 24.3 Å². The first-order valence-corrected chi connectivity index (χ1v) is 8.25. The van der Waals surface area contributed by atoms with Crippen LogP contribution in [0.1, 0.15) is 16.9 Å². The standard InChI is InChI=1S/C20H17FN4O/c21-15-8-6-13(7-9-15)11-14-3-1-5-17-18(14)19(25-20(22)24-17)23-12-16-4-2-10-26-16/h1-10H,11-12H2,(H3,22,23,24,25). The third-order valence-corrected chi connectivity index (χ3v) is 4.14. The van der Waals surface area contributed by atoms with E-state index in [1.807, 2.05) is 30.3 Å². The van der Waals surface area contributed by atoms with Gasteiger partial charge in [-0.25, -0.2) is 9.37 Å². The lowest BCUT2D eigenvalue weighted by Gasteiger charge is -2.12. The summed E-state index contributed by atoms with van der Waals surface area (Å²) in [6.45, 7) is 0.490. The molecule has 0 radical (unpaired) electrons. The number of hydrogen-bond acceptors (Lipinski definition) is 5. The van der Waals surface area contributed by atoms with Crippen LogP contribution in [0.15, 0.2) is 65.3 Å². The molecule has 2 aromatic carbocycles. The molecule has 5 nitrogen and oxygen atoms in total. The Hall–Kier alpha value is -3.41. The van der Waals surface area contributed by atoms with Gasteiger partial charge in [-0.05, 0) is 47.9 Å². The number of furan rings is 1. The van der Waals surface area contributed by atoms with Crippen molar-refractivity contribution < 1.29 is 8.81 Å². The van der Waals surface area contributed by atoms with Crippen LogP contribution in [0.3, 0.4) is 0 Å². The molecule has 0 aliphatic rings. The van der Waals surface area contributed by atoms with Gasteiger partial charge in [-0.15, -0.1) is 0 Å². The third kappa shape index (κ3) is 3.35. The molecular weight excluding hydrogens is 331 g/mol. The fourth-order valence-corrected chi connectivity index (χ4v) is 2.95. The van der Waals surface area contributed by atoms with E-state index in [0.717, 1.165) is 27.8 Å². The fourth-order valence-electron chi connectivity index (χ4n) is 2.95. The van der Waals surface area contributed by atoms with Crippen LogP contribution in [0.2, 0.25) is 0 Å². The smallest absolute Gasteiger partial charge is 0.222 e. The van der Waals surface area contributed by atoms with E-state index in [4.69, 9.17) is 10.2 Å². The largest absolute Gasteiger partial charge is 0.467 e. The Balaban J connectivity index is 1.73. The second-order valence-electron chi connectivity index (χ2n) is 5.98. The zero-order valence-corrected chi connectivity index (χ0v) is 13.9.